The molecule has 27 heavy (non-hydrogen) atoms. The van der Waals surface area contributed by atoms with Crippen molar-refractivity contribution < 1.29 is 4.79 Å². The van der Waals surface area contributed by atoms with Crippen molar-refractivity contribution in [3.05, 3.63) is 34.6 Å². The van der Waals surface area contributed by atoms with E-state index < -0.39 is 0 Å². The number of rotatable bonds is 9. The zero-order valence-corrected chi connectivity index (χ0v) is 17.8. The quantitative estimate of drug-likeness (QED) is 0.644. The minimum atomic E-state index is 0.0285. The van der Waals surface area contributed by atoms with Crippen LogP contribution in [0, 0.1) is 11.7 Å². The summed E-state index contributed by atoms with van der Waals surface area (Å²) in [6.45, 7) is 12.7. The Balaban J connectivity index is 1.92. The number of benzene rings is 1. The molecule has 0 aliphatic carbocycles. The highest BCUT2D eigenvalue weighted by molar-refractivity contribution is 7.71. The van der Waals surface area contributed by atoms with Crippen LogP contribution in [0.5, 0.6) is 0 Å². The van der Waals surface area contributed by atoms with Gasteiger partial charge in [-0.15, -0.1) is 0 Å². The van der Waals surface area contributed by atoms with Crippen LogP contribution in [0.4, 0.5) is 0 Å². The number of hydrogen-bond donors (Lipinski definition) is 2. The molecule has 0 bridgehead atoms. The molecular formula is C20H31N5OS. The van der Waals surface area contributed by atoms with E-state index >= 15 is 0 Å². The molecule has 7 heteroatoms. The fourth-order valence-corrected chi connectivity index (χ4v) is 3.49. The van der Waals surface area contributed by atoms with Crippen molar-refractivity contribution in [3.8, 4) is 11.4 Å². The van der Waals surface area contributed by atoms with E-state index in [0.717, 1.165) is 23.5 Å². The lowest BCUT2D eigenvalue weighted by atomic mass is 10.1. The lowest BCUT2D eigenvalue weighted by molar-refractivity contribution is -0.121. The zero-order valence-electron chi connectivity index (χ0n) is 17.0. The van der Waals surface area contributed by atoms with Crippen molar-refractivity contribution in [1.29, 1.82) is 0 Å². The molecule has 0 spiro atoms. The number of aromatic amines is 1. The summed E-state index contributed by atoms with van der Waals surface area (Å²) in [6.07, 6.45) is 0.371. The van der Waals surface area contributed by atoms with E-state index in [0.29, 0.717) is 36.4 Å². The van der Waals surface area contributed by atoms with E-state index in [4.69, 9.17) is 12.2 Å². The van der Waals surface area contributed by atoms with Crippen molar-refractivity contribution in [2.75, 3.05) is 13.1 Å². The van der Waals surface area contributed by atoms with Crippen LogP contribution in [-0.2, 0) is 11.3 Å². The molecule has 0 saturated carbocycles. The SMILES string of the molecule is Cc1cccc(-c2n[nH]c(=S)n2CCC(=O)NCCN(C(C)C)C(C)C)c1. The van der Waals surface area contributed by atoms with E-state index in [1.165, 1.54) is 0 Å². The number of carbonyl (C=O) groups is 1. The zero-order chi connectivity index (χ0) is 20.0. The van der Waals surface area contributed by atoms with Crippen LogP contribution in [0.1, 0.15) is 39.7 Å². The Labute approximate surface area is 167 Å². The molecule has 6 nitrogen and oxygen atoms in total. The molecule has 148 valence electrons. The number of hydrogen-bond acceptors (Lipinski definition) is 4. The van der Waals surface area contributed by atoms with Crippen molar-refractivity contribution in [2.45, 2.75) is 59.7 Å². The van der Waals surface area contributed by atoms with E-state index in [1.807, 2.05) is 29.7 Å². The van der Waals surface area contributed by atoms with Gasteiger partial charge in [-0.2, -0.15) is 5.10 Å². The van der Waals surface area contributed by atoms with Gasteiger partial charge in [-0.1, -0.05) is 23.8 Å². The molecule has 0 radical (unpaired) electrons. The lowest BCUT2D eigenvalue weighted by Crippen LogP contribution is -2.42. The number of amides is 1. The third kappa shape index (κ3) is 6.01. The van der Waals surface area contributed by atoms with Gasteiger partial charge in [0.15, 0.2) is 10.6 Å². The molecule has 1 aromatic carbocycles. The van der Waals surface area contributed by atoms with E-state index in [9.17, 15) is 4.79 Å². The van der Waals surface area contributed by atoms with Gasteiger partial charge in [-0.05, 0) is 52.9 Å². The fourth-order valence-electron chi connectivity index (χ4n) is 3.27. The van der Waals surface area contributed by atoms with Gasteiger partial charge in [-0.3, -0.25) is 19.4 Å². The first kappa shape index (κ1) is 21.3. The second-order valence-corrected chi connectivity index (χ2v) is 7.79. The Hall–Kier alpha value is -1.99. The molecule has 2 N–H and O–H groups in total. The number of aromatic nitrogens is 3. The van der Waals surface area contributed by atoms with Crippen LogP contribution >= 0.6 is 12.2 Å². The monoisotopic (exact) mass is 389 g/mol. The number of carbonyl (C=O) groups excluding carboxylic acids is 1. The maximum Gasteiger partial charge on any atom is 0.221 e. The summed E-state index contributed by atoms with van der Waals surface area (Å²) in [5.41, 5.74) is 2.15. The first-order valence-electron chi connectivity index (χ1n) is 9.54. The normalized spacial score (nSPS) is 11.6. The van der Waals surface area contributed by atoms with Crippen LogP contribution in [0.3, 0.4) is 0 Å². The second-order valence-electron chi connectivity index (χ2n) is 7.40. The first-order valence-corrected chi connectivity index (χ1v) is 9.95. The van der Waals surface area contributed by atoms with Gasteiger partial charge >= 0.3 is 0 Å². The molecule has 0 unspecified atom stereocenters. The number of H-pyrrole nitrogens is 1. The van der Waals surface area contributed by atoms with Crippen LogP contribution < -0.4 is 5.32 Å². The van der Waals surface area contributed by atoms with Crippen molar-refractivity contribution in [1.82, 2.24) is 25.0 Å². The van der Waals surface area contributed by atoms with E-state index in [-0.39, 0.29) is 5.91 Å². The Morgan fingerprint density at radius 3 is 2.63 bits per heavy atom. The Morgan fingerprint density at radius 2 is 2.00 bits per heavy atom. The third-order valence-corrected chi connectivity index (χ3v) is 4.93. The van der Waals surface area contributed by atoms with Crippen molar-refractivity contribution >= 4 is 18.1 Å². The molecule has 0 fully saturated rings. The Morgan fingerprint density at radius 1 is 1.30 bits per heavy atom. The van der Waals surface area contributed by atoms with Crippen molar-refractivity contribution in [2.24, 2.45) is 0 Å². The van der Waals surface area contributed by atoms with E-state index in [1.54, 1.807) is 0 Å². The predicted molar refractivity (Wildman–Crippen MR) is 112 cm³/mol. The fraction of sp³-hybridized carbons (Fsp3) is 0.550. The predicted octanol–water partition coefficient (Wildman–Crippen LogP) is 3.54. The topological polar surface area (TPSA) is 66.0 Å². The van der Waals surface area contributed by atoms with Gasteiger partial charge in [0.2, 0.25) is 5.91 Å². The molecule has 0 aliphatic rings. The first-order chi connectivity index (χ1) is 12.8. The van der Waals surface area contributed by atoms with Gasteiger partial charge in [0.05, 0.1) is 0 Å². The maximum atomic E-state index is 12.3. The lowest BCUT2D eigenvalue weighted by Gasteiger charge is -2.30. The minimum Gasteiger partial charge on any atom is -0.355 e. The molecule has 0 atom stereocenters. The van der Waals surface area contributed by atoms with Crippen LogP contribution in [0.2, 0.25) is 0 Å². The smallest absolute Gasteiger partial charge is 0.221 e. The van der Waals surface area contributed by atoms with E-state index in [2.05, 4.69) is 54.2 Å². The van der Waals surface area contributed by atoms with Crippen molar-refractivity contribution in [3.63, 3.8) is 0 Å². The Bertz CT molecular complexity index is 801. The molecule has 1 amide bonds. The standard InChI is InChI=1S/C20H31N5OS/c1-14(2)24(15(3)4)12-10-21-18(26)9-11-25-19(22-23-20(25)27)17-8-6-7-16(5)13-17/h6-8,13-15H,9-12H2,1-5H3,(H,21,26)(H,23,27). The molecule has 1 aromatic heterocycles. The largest absolute Gasteiger partial charge is 0.355 e. The summed E-state index contributed by atoms with van der Waals surface area (Å²) in [5.74, 6) is 0.794. The highest BCUT2D eigenvalue weighted by Crippen LogP contribution is 2.18. The second kappa shape index (κ2) is 9.80. The summed E-state index contributed by atoms with van der Waals surface area (Å²) in [5, 5.41) is 10.2. The summed E-state index contributed by atoms with van der Waals surface area (Å²) >= 11 is 5.34. The van der Waals surface area contributed by atoms with Gasteiger partial charge in [0.1, 0.15) is 0 Å². The summed E-state index contributed by atoms with van der Waals surface area (Å²) in [6, 6.07) is 9.02. The summed E-state index contributed by atoms with van der Waals surface area (Å²) in [7, 11) is 0. The Kier molecular flexibility index (Phi) is 7.74. The maximum absolute atomic E-state index is 12.3. The van der Waals surface area contributed by atoms with Crippen LogP contribution in [0.15, 0.2) is 24.3 Å². The van der Waals surface area contributed by atoms with Crippen LogP contribution in [-0.4, -0.2) is 50.7 Å². The van der Waals surface area contributed by atoms with Gasteiger partial charge < -0.3 is 5.32 Å². The number of nitrogens with zero attached hydrogens (tertiary/aromatic N) is 3. The summed E-state index contributed by atoms with van der Waals surface area (Å²) < 4.78 is 2.42. The molecule has 0 aliphatic heterocycles. The molecule has 2 aromatic rings. The molecule has 0 saturated heterocycles. The van der Waals surface area contributed by atoms with Gasteiger partial charge in [0, 0.05) is 43.7 Å². The summed E-state index contributed by atoms with van der Waals surface area (Å²) in [4.78, 5) is 14.6. The molecular weight excluding hydrogens is 358 g/mol. The van der Waals surface area contributed by atoms with Gasteiger partial charge in [0.25, 0.3) is 0 Å². The third-order valence-electron chi connectivity index (χ3n) is 4.62. The number of aryl methyl sites for hydroxylation is 1. The average Bonchev–Trinajstić information content (AvgIpc) is 2.97. The minimum absolute atomic E-state index is 0.0285. The molecule has 1 heterocycles. The highest BCUT2D eigenvalue weighted by Gasteiger charge is 2.14. The van der Waals surface area contributed by atoms with Gasteiger partial charge in [-0.25, -0.2) is 0 Å². The van der Waals surface area contributed by atoms with Crippen LogP contribution in [0.25, 0.3) is 11.4 Å². The average molecular weight is 390 g/mol. The highest BCUT2D eigenvalue weighted by atomic mass is 32.1. The number of nitrogens with one attached hydrogen (secondary N) is 2. The molecule has 2 rings (SSSR count).